The van der Waals surface area contributed by atoms with Gasteiger partial charge in [-0.25, -0.2) is 4.79 Å². The fraction of sp³-hybridized carbons (Fsp3) is 0.316. The van der Waals surface area contributed by atoms with Crippen LogP contribution in [-0.2, 0) is 6.54 Å². The summed E-state index contributed by atoms with van der Waals surface area (Å²) in [5, 5.41) is 9.70. The lowest BCUT2D eigenvalue weighted by molar-refractivity contribution is 0.0996. The molecule has 4 rings (SSSR count). The van der Waals surface area contributed by atoms with Crippen LogP contribution < -0.4 is 4.90 Å². The largest absolute Gasteiger partial charge is 0.465 e. The molecular formula is C19H18ClN3O3. The number of aromatic nitrogens is 1. The summed E-state index contributed by atoms with van der Waals surface area (Å²) in [5.41, 5.74) is 3.41. The van der Waals surface area contributed by atoms with Gasteiger partial charge in [0.1, 0.15) is 0 Å². The molecule has 1 aromatic heterocycles. The summed E-state index contributed by atoms with van der Waals surface area (Å²) in [7, 11) is 0. The topological polar surface area (TPSA) is 73.7 Å². The van der Waals surface area contributed by atoms with Crippen LogP contribution in [0.4, 0.5) is 10.5 Å². The molecule has 2 amide bonds. The lowest BCUT2D eigenvalue weighted by Gasteiger charge is -2.30. The zero-order chi connectivity index (χ0) is 18.3. The monoisotopic (exact) mass is 371 g/mol. The Kier molecular flexibility index (Phi) is 4.28. The molecule has 1 aromatic carbocycles. The van der Waals surface area contributed by atoms with Crippen LogP contribution in [0, 0.1) is 0 Å². The van der Waals surface area contributed by atoms with Crippen LogP contribution in [0.15, 0.2) is 36.7 Å². The Morgan fingerprint density at radius 3 is 2.69 bits per heavy atom. The first-order valence-corrected chi connectivity index (χ1v) is 8.94. The van der Waals surface area contributed by atoms with Gasteiger partial charge in [0.2, 0.25) is 0 Å². The summed E-state index contributed by atoms with van der Waals surface area (Å²) < 4.78 is 0. The van der Waals surface area contributed by atoms with Gasteiger partial charge in [0.15, 0.2) is 0 Å². The van der Waals surface area contributed by atoms with Gasteiger partial charge in [-0.1, -0.05) is 11.6 Å². The van der Waals surface area contributed by atoms with Crippen molar-refractivity contribution in [2.75, 3.05) is 18.0 Å². The van der Waals surface area contributed by atoms with Crippen LogP contribution in [0.25, 0.3) is 0 Å². The molecule has 3 heterocycles. The molecule has 0 saturated carbocycles. The Bertz CT molecular complexity index is 878. The number of amides is 2. The smallest absolute Gasteiger partial charge is 0.407 e. The number of carbonyl (C=O) groups is 2. The second-order valence-electron chi connectivity index (χ2n) is 6.71. The van der Waals surface area contributed by atoms with Crippen molar-refractivity contribution in [3.8, 4) is 0 Å². The number of rotatable bonds is 2. The molecule has 2 aliphatic heterocycles. The second-order valence-corrected chi connectivity index (χ2v) is 7.15. The number of fused-ring (bicyclic) bond motifs is 1. The quantitative estimate of drug-likeness (QED) is 0.872. The molecule has 2 aliphatic rings. The van der Waals surface area contributed by atoms with Crippen LogP contribution in [0.1, 0.15) is 40.2 Å². The first-order valence-electron chi connectivity index (χ1n) is 8.56. The average molecular weight is 372 g/mol. The van der Waals surface area contributed by atoms with Crippen molar-refractivity contribution >= 4 is 29.3 Å². The predicted octanol–water partition coefficient (Wildman–Crippen LogP) is 3.75. The molecule has 0 radical (unpaired) electrons. The van der Waals surface area contributed by atoms with Crippen LogP contribution in [0.3, 0.4) is 0 Å². The number of hydrogen-bond acceptors (Lipinski definition) is 3. The number of anilines is 1. The maximum atomic E-state index is 12.7. The van der Waals surface area contributed by atoms with Gasteiger partial charge in [0.25, 0.3) is 5.91 Å². The molecule has 2 aromatic rings. The maximum absolute atomic E-state index is 12.7. The van der Waals surface area contributed by atoms with E-state index in [2.05, 4.69) is 4.98 Å². The molecule has 0 aliphatic carbocycles. The average Bonchev–Trinajstić information content (AvgIpc) is 2.98. The van der Waals surface area contributed by atoms with Gasteiger partial charge in [0.05, 0.1) is 18.4 Å². The van der Waals surface area contributed by atoms with E-state index >= 15 is 0 Å². The standard InChI is InChI=1S/C19H18ClN3O3/c20-15-1-2-17-14(7-15)11-23(18(17)24)16-8-13(9-21-10-16)12-3-5-22(6-4-12)19(25)26/h1-2,7-10,12H,3-6,11H2,(H,25,26). The van der Waals surface area contributed by atoms with Gasteiger partial charge < -0.3 is 14.9 Å². The van der Waals surface area contributed by atoms with Crippen LogP contribution in [0.5, 0.6) is 0 Å². The number of benzene rings is 1. The molecule has 0 atom stereocenters. The van der Waals surface area contributed by atoms with Crippen molar-refractivity contribution in [2.45, 2.75) is 25.3 Å². The normalized spacial score (nSPS) is 17.5. The van der Waals surface area contributed by atoms with Crippen molar-refractivity contribution in [2.24, 2.45) is 0 Å². The SMILES string of the molecule is O=C(O)N1CCC(c2cncc(N3Cc4cc(Cl)ccc4C3=O)c2)CC1. The molecule has 7 heteroatoms. The number of pyridine rings is 1. The summed E-state index contributed by atoms with van der Waals surface area (Å²) in [5.74, 6) is 0.212. The second kappa shape index (κ2) is 6.61. The lowest BCUT2D eigenvalue weighted by Crippen LogP contribution is -2.36. The zero-order valence-electron chi connectivity index (χ0n) is 14.1. The molecular weight excluding hydrogens is 354 g/mol. The third-order valence-electron chi connectivity index (χ3n) is 5.16. The first-order chi connectivity index (χ1) is 12.5. The Balaban J connectivity index is 1.54. The lowest BCUT2D eigenvalue weighted by atomic mass is 9.90. The summed E-state index contributed by atoms with van der Waals surface area (Å²) in [6.45, 7) is 1.53. The van der Waals surface area contributed by atoms with E-state index < -0.39 is 6.09 Å². The van der Waals surface area contributed by atoms with E-state index in [-0.39, 0.29) is 11.8 Å². The number of nitrogens with zero attached hydrogens (tertiary/aromatic N) is 3. The van der Waals surface area contributed by atoms with E-state index in [1.807, 2.05) is 18.3 Å². The highest BCUT2D eigenvalue weighted by Crippen LogP contribution is 2.33. The molecule has 0 spiro atoms. The van der Waals surface area contributed by atoms with Crippen LogP contribution in [-0.4, -0.2) is 40.1 Å². The number of halogens is 1. The van der Waals surface area contributed by atoms with Crippen molar-refractivity contribution in [3.05, 3.63) is 58.4 Å². The minimum absolute atomic E-state index is 0.0451. The Morgan fingerprint density at radius 1 is 1.19 bits per heavy atom. The van der Waals surface area contributed by atoms with Gasteiger partial charge >= 0.3 is 6.09 Å². The van der Waals surface area contributed by atoms with Gasteiger partial charge in [-0.15, -0.1) is 0 Å². The van der Waals surface area contributed by atoms with Gasteiger partial charge in [-0.05, 0) is 54.2 Å². The van der Waals surface area contributed by atoms with E-state index in [9.17, 15) is 9.59 Å². The van der Waals surface area contributed by atoms with E-state index in [4.69, 9.17) is 16.7 Å². The minimum atomic E-state index is -0.866. The summed E-state index contributed by atoms with van der Waals surface area (Å²) in [6.07, 6.45) is 4.17. The van der Waals surface area contributed by atoms with E-state index in [1.54, 1.807) is 23.2 Å². The Hall–Kier alpha value is -2.60. The Labute approximate surface area is 156 Å². The van der Waals surface area contributed by atoms with Crippen molar-refractivity contribution < 1.29 is 14.7 Å². The number of likely N-dealkylation sites (tertiary alicyclic amines) is 1. The van der Waals surface area contributed by atoms with Gasteiger partial charge in [-0.3, -0.25) is 9.78 Å². The van der Waals surface area contributed by atoms with Gasteiger partial charge in [-0.2, -0.15) is 0 Å². The van der Waals surface area contributed by atoms with Crippen LogP contribution in [0.2, 0.25) is 5.02 Å². The molecule has 0 bridgehead atoms. The van der Waals surface area contributed by atoms with Gasteiger partial charge in [0, 0.05) is 29.9 Å². The molecule has 26 heavy (non-hydrogen) atoms. The maximum Gasteiger partial charge on any atom is 0.407 e. The first kappa shape index (κ1) is 16.8. The summed E-state index contributed by atoms with van der Waals surface area (Å²) >= 11 is 6.04. The van der Waals surface area contributed by atoms with E-state index in [0.29, 0.717) is 30.2 Å². The molecule has 134 valence electrons. The number of hydrogen-bond donors (Lipinski definition) is 1. The highest BCUT2D eigenvalue weighted by molar-refractivity contribution is 6.31. The number of carbonyl (C=O) groups excluding carboxylic acids is 1. The minimum Gasteiger partial charge on any atom is -0.465 e. The Morgan fingerprint density at radius 2 is 1.96 bits per heavy atom. The van der Waals surface area contributed by atoms with E-state index in [1.165, 1.54) is 4.90 Å². The van der Waals surface area contributed by atoms with E-state index in [0.717, 1.165) is 29.7 Å². The third-order valence-corrected chi connectivity index (χ3v) is 5.40. The van der Waals surface area contributed by atoms with Crippen LogP contribution >= 0.6 is 11.6 Å². The third kappa shape index (κ3) is 3.01. The highest BCUT2D eigenvalue weighted by Gasteiger charge is 2.30. The molecule has 6 nitrogen and oxygen atoms in total. The summed E-state index contributed by atoms with van der Waals surface area (Å²) in [4.78, 5) is 31.2. The fourth-order valence-electron chi connectivity index (χ4n) is 3.72. The molecule has 1 fully saturated rings. The summed E-state index contributed by atoms with van der Waals surface area (Å²) in [6, 6.07) is 7.32. The van der Waals surface area contributed by atoms with Crippen molar-refractivity contribution in [1.82, 2.24) is 9.88 Å². The van der Waals surface area contributed by atoms with Crippen molar-refractivity contribution in [1.29, 1.82) is 0 Å². The van der Waals surface area contributed by atoms with Crippen molar-refractivity contribution in [3.63, 3.8) is 0 Å². The zero-order valence-corrected chi connectivity index (χ0v) is 14.8. The number of piperidine rings is 1. The number of carboxylic acid groups (broad SMARTS) is 1. The highest BCUT2D eigenvalue weighted by atomic mass is 35.5. The molecule has 0 unspecified atom stereocenters. The molecule has 1 N–H and O–H groups in total. The molecule has 1 saturated heterocycles. The fourth-order valence-corrected chi connectivity index (χ4v) is 3.91. The predicted molar refractivity (Wildman–Crippen MR) is 97.8 cm³/mol.